The molecule has 104 valence electrons. The lowest BCUT2D eigenvalue weighted by molar-refractivity contribution is 0.102. The Bertz CT molecular complexity index is 625. The predicted molar refractivity (Wildman–Crippen MR) is 75.0 cm³/mol. The summed E-state index contributed by atoms with van der Waals surface area (Å²) in [6.45, 7) is -0.162. The Hall–Kier alpha value is -2.53. The molecular formula is C15H15NO4. The zero-order valence-electron chi connectivity index (χ0n) is 11.0. The van der Waals surface area contributed by atoms with Gasteiger partial charge in [0.05, 0.1) is 13.7 Å². The second-order valence-corrected chi connectivity index (χ2v) is 4.16. The maximum Gasteiger partial charge on any atom is 0.255 e. The van der Waals surface area contributed by atoms with Crippen LogP contribution in [0.15, 0.2) is 42.5 Å². The second-order valence-electron chi connectivity index (χ2n) is 4.16. The standard InChI is InChI=1S/C15H15NO4/c1-20-14-7-6-10(8-13(14)18)15(19)16-12-5-3-2-4-11(12)9-17/h2-8,17-18H,9H2,1H3,(H,16,19). The number of aromatic hydroxyl groups is 1. The van der Waals surface area contributed by atoms with Crippen molar-refractivity contribution in [2.24, 2.45) is 0 Å². The number of carbonyl (C=O) groups is 1. The molecule has 2 aromatic carbocycles. The number of aliphatic hydroxyl groups is 1. The third-order valence-electron chi connectivity index (χ3n) is 2.88. The molecule has 0 saturated carbocycles. The highest BCUT2D eigenvalue weighted by molar-refractivity contribution is 6.05. The number of rotatable bonds is 4. The van der Waals surface area contributed by atoms with Crippen LogP contribution in [0.4, 0.5) is 5.69 Å². The van der Waals surface area contributed by atoms with E-state index >= 15 is 0 Å². The van der Waals surface area contributed by atoms with E-state index in [-0.39, 0.29) is 18.3 Å². The van der Waals surface area contributed by atoms with Crippen LogP contribution in [0.2, 0.25) is 0 Å². The van der Waals surface area contributed by atoms with E-state index in [0.29, 0.717) is 22.6 Å². The zero-order valence-corrected chi connectivity index (χ0v) is 11.0. The van der Waals surface area contributed by atoms with Crippen molar-refractivity contribution in [3.63, 3.8) is 0 Å². The van der Waals surface area contributed by atoms with Crippen LogP contribution in [0.25, 0.3) is 0 Å². The summed E-state index contributed by atoms with van der Waals surface area (Å²) >= 11 is 0. The summed E-state index contributed by atoms with van der Waals surface area (Å²) in [6, 6.07) is 11.4. The van der Waals surface area contributed by atoms with Gasteiger partial charge in [-0.25, -0.2) is 0 Å². The van der Waals surface area contributed by atoms with Gasteiger partial charge < -0.3 is 20.3 Å². The number of hydrogen-bond donors (Lipinski definition) is 3. The summed E-state index contributed by atoms with van der Waals surface area (Å²) < 4.78 is 4.92. The molecule has 3 N–H and O–H groups in total. The highest BCUT2D eigenvalue weighted by Crippen LogP contribution is 2.26. The van der Waals surface area contributed by atoms with Gasteiger partial charge in [0.15, 0.2) is 11.5 Å². The smallest absolute Gasteiger partial charge is 0.255 e. The maximum atomic E-state index is 12.1. The molecule has 1 amide bonds. The fourth-order valence-electron chi connectivity index (χ4n) is 1.81. The van der Waals surface area contributed by atoms with E-state index < -0.39 is 0 Å². The minimum Gasteiger partial charge on any atom is -0.504 e. The predicted octanol–water partition coefficient (Wildman–Crippen LogP) is 2.15. The minimum atomic E-state index is -0.371. The molecule has 20 heavy (non-hydrogen) atoms. The van der Waals surface area contributed by atoms with E-state index in [4.69, 9.17) is 4.74 Å². The number of ether oxygens (including phenoxy) is 1. The lowest BCUT2D eigenvalue weighted by Gasteiger charge is -2.10. The zero-order chi connectivity index (χ0) is 14.5. The van der Waals surface area contributed by atoms with Gasteiger partial charge in [0.2, 0.25) is 0 Å². The molecule has 2 aromatic rings. The van der Waals surface area contributed by atoms with Crippen LogP contribution >= 0.6 is 0 Å². The first-order chi connectivity index (χ1) is 9.65. The molecule has 0 bridgehead atoms. The molecule has 0 fully saturated rings. The summed E-state index contributed by atoms with van der Waals surface area (Å²) in [7, 11) is 1.44. The van der Waals surface area contributed by atoms with Gasteiger partial charge >= 0.3 is 0 Å². The molecule has 0 atom stereocenters. The molecule has 0 aromatic heterocycles. The molecule has 5 heteroatoms. The molecule has 0 heterocycles. The quantitative estimate of drug-likeness (QED) is 0.797. The van der Waals surface area contributed by atoms with Crippen LogP contribution in [-0.2, 0) is 6.61 Å². The Balaban J connectivity index is 2.22. The molecule has 5 nitrogen and oxygen atoms in total. The number of methoxy groups -OCH3 is 1. The molecule has 0 aliphatic rings. The van der Waals surface area contributed by atoms with Gasteiger partial charge in [-0.3, -0.25) is 4.79 Å². The third kappa shape index (κ3) is 2.89. The molecule has 0 saturated heterocycles. The van der Waals surface area contributed by atoms with Crippen molar-refractivity contribution in [1.29, 1.82) is 0 Å². The van der Waals surface area contributed by atoms with Crippen LogP contribution in [-0.4, -0.2) is 23.2 Å². The van der Waals surface area contributed by atoms with Crippen LogP contribution < -0.4 is 10.1 Å². The molecule has 0 radical (unpaired) electrons. The van der Waals surface area contributed by atoms with Crippen molar-refractivity contribution >= 4 is 11.6 Å². The number of phenols is 1. The highest BCUT2D eigenvalue weighted by atomic mass is 16.5. The fourth-order valence-corrected chi connectivity index (χ4v) is 1.81. The van der Waals surface area contributed by atoms with Gasteiger partial charge in [-0.15, -0.1) is 0 Å². The Morgan fingerprint density at radius 2 is 2.00 bits per heavy atom. The topological polar surface area (TPSA) is 78.8 Å². The van der Waals surface area contributed by atoms with Gasteiger partial charge in [-0.05, 0) is 24.3 Å². The van der Waals surface area contributed by atoms with Crippen molar-refractivity contribution in [1.82, 2.24) is 0 Å². The largest absolute Gasteiger partial charge is 0.504 e. The van der Waals surface area contributed by atoms with E-state index in [1.54, 1.807) is 30.3 Å². The van der Waals surface area contributed by atoms with E-state index in [0.717, 1.165) is 0 Å². The van der Waals surface area contributed by atoms with Crippen molar-refractivity contribution in [3.05, 3.63) is 53.6 Å². The van der Waals surface area contributed by atoms with E-state index in [2.05, 4.69) is 5.32 Å². The van der Waals surface area contributed by atoms with E-state index in [1.165, 1.54) is 19.2 Å². The number of carbonyl (C=O) groups excluding carboxylic acids is 1. The number of nitrogens with one attached hydrogen (secondary N) is 1. The Kier molecular flexibility index (Phi) is 4.22. The molecule has 0 aliphatic heterocycles. The summed E-state index contributed by atoms with van der Waals surface area (Å²) in [5.41, 5.74) is 1.46. The van der Waals surface area contributed by atoms with Crippen LogP contribution in [0.1, 0.15) is 15.9 Å². The van der Waals surface area contributed by atoms with Gasteiger partial charge in [0, 0.05) is 16.8 Å². The minimum absolute atomic E-state index is 0.101. The van der Waals surface area contributed by atoms with Crippen molar-refractivity contribution in [2.45, 2.75) is 6.61 Å². The van der Waals surface area contributed by atoms with E-state index in [9.17, 15) is 15.0 Å². The number of amides is 1. The Morgan fingerprint density at radius 3 is 2.65 bits per heavy atom. The normalized spacial score (nSPS) is 10.1. The Morgan fingerprint density at radius 1 is 1.25 bits per heavy atom. The molecule has 0 unspecified atom stereocenters. The van der Waals surface area contributed by atoms with Gasteiger partial charge in [-0.1, -0.05) is 18.2 Å². The maximum absolute atomic E-state index is 12.1. The lowest BCUT2D eigenvalue weighted by atomic mass is 10.1. The first-order valence-corrected chi connectivity index (χ1v) is 6.03. The Labute approximate surface area is 116 Å². The summed E-state index contributed by atoms with van der Waals surface area (Å²) in [5.74, 6) is -0.170. The number of aliphatic hydroxyl groups excluding tert-OH is 1. The van der Waals surface area contributed by atoms with Gasteiger partial charge in [0.1, 0.15) is 0 Å². The summed E-state index contributed by atoms with van der Waals surface area (Å²) in [6.07, 6.45) is 0. The highest BCUT2D eigenvalue weighted by Gasteiger charge is 2.11. The average molecular weight is 273 g/mol. The summed E-state index contributed by atoms with van der Waals surface area (Å²) in [5, 5.41) is 21.6. The number of hydrogen-bond acceptors (Lipinski definition) is 4. The monoisotopic (exact) mass is 273 g/mol. The average Bonchev–Trinajstić information content (AvgIpc) is 2.47. The fraction of sp³-hybridized carbons (Fsp3) is 0.133. The van der Waals surface area contributed by atoms with Crippen molar-refractivity contribution in [3.8, 4) is 11.5 Å². The molecule has 2 rings (SSSR count). The molecule has 0 spiro atoms. The van der Waals surface area contributed by atoms with Gasteiger partial charge in [-0.2, -0.15) is 0 Å². The first-order valence-electron chi connectivity index (χ1n) is 6.03. The number of benzene rings is 2. The first kappa shape index (κ1) is 13.9. The van der Waals surface area contributed by atoms with Crippen LogP contribution in [0, 0.1) is 0 Å². The SMILES string of the molecule is COc1ccc(C(=O)Nc2ccccc2CO)cc1O. The summed E-state index contributed by atoms with van der Waals surface area (Å²) in [4.78, 5) is 12.1. The number of phenolic OH excluding ortho intramolecular Hbond substituents is 1. The molecule has 0 aliphatic carbocycles. The van der Waals surface area contributed by atoms with Crippen LogP contribution in [0.3, 0.4) is 0 Å². The second kappa shape index (κ2) is 6.08. The van der Waals surface area contributed by atoms with Crippen molar-refractivity contribution in [2.75, 3.05) is 12.4 Å². The lowest BCUT2D eigenvalue weighted by Crippen LogP contribution is -2.13. The number of anilines is 1. The molecular weight excluding hydrogens is 258 g/mol. The van der Waals surface area contributed by atoms with Gasteiger partial charge in [0.25, 0.3) is 5.91 Å². The van der Waals surface area contributed by atoms with E-state index in [1.807, 2.05) is 0 Å². The van der Waals surface area contributed by atoms with Crippen LogP contribution in [0.5, 0.6) is 11.5 Å². The third-order valence-corrected chi connectivity index (χ3v) is 2.88. The van der Waals surface area contributed by atoms with Crippen molar-refractivity contribution < 1.29 is 19.7 Å². The number of para-hydroxylation sites is 1.